The van der Waals surface area contributed by atoms with Crippen molar-refractivity contribution in [3.05, 3.63) is 0 Å². The van der Waals surface area contributed by atoms with Crippen LogP contribution in [0.5, 0.6) is 0 Å². The Hall–Kier alpha value is -0.590. The Morgan fingerprint density at radius 2 is 2.11 bits per heavy atom. The summed E-state index contributed by atoms with van der Waals surface area (Å²) in [6.45, 7) is 6.63. The highest BCUT2D eigenvalue weighted by molar-refractivity contribution is 5.03. The molecule has 2 unspecified atom stereocenters. The number of nitrogens with two attached hydrogens (primary N) is 1. The first-order valence-corrected chi connectivity index (χ1v) is 7.59. The van der Waals surface area contributed by atoms with E-state index < -0.39 is 5.54 Å². The van der Waals surface area contributed by atoms with Gasteiger partial charge in [0.2, 0.25) is 0 Å². The molecule has 0 aromatic carbocycles. The molecule has 2 atom stereocenters. The van der Waals surface area contributed by atoms with Gasteiger partial charge in [-0.1, -0.05) is 26.7 Å². The summed E-state index contributed by atoms with van der Waals surface area (Å²) in [7, 11) is 0. The van der Waals surface area contributed by atoms with E-state index in [4.69, 9.17) is 11.0 Å². The molecule has 1 aliphatic heterocycles. The van der Waals surface area contributed by atoms with Crippen molar-refractivity contribution in [3.63, 3.8) is 0 Å². The van der Waals surface area contributed by atoms with Gasteiger partial charge in [0.15, 0.2) is 0 Å². The third kappa shape index (κ3) is 4.59. The molecule has 1 fully saturated rings. The summed E-state index contributed by atoms with van der Waals surface area (Å²) in [4.78, 5) is 2.63. The van der Waals surface area contributed by atoms with E-state index in [9.17, 15) is 0 Å². The number of hydrogen-bond acceptors (Lipinski definition) is 3. The largest absolute Gasteiger partial charge is 0.313 e. The van der Waals surface area contributed by atoms with Gasteiger partial charge in [0, 0.05) is 6.04 Å². The quantitative estimate of drug-likeness (QED) is 0.789. The molecule has 0 radical (unpaired) electrons. The third-order valence-electron chi connectivity index (χ3n) is 4.39. The molecule has 1 aliphatic rings. The van der Waals surface area contributed by atoms with Crippen molar-refractivity contribution in [2.45, 2.75) is 76.8 Å². The van der Waals surface area contributed by atoms with E-state index in [1.54, 1.807) is 0 Å². The van der Waals surface area contributed by atoms with Crippen molar-refractivity contribution < 1.29 is 0 Å². The molecule has 18 heavy (non-hydrogen) atoms. The fraction of sp³-hybridized carbons (Fsp3) is 0.933. The van der Waals surface area contributed by atoms with Gasteiger partial charge >= 0.3 is 0 Å². The van der Waals surface area contributed by atoms with E-state index >= 15 is 0 Å². The Balaban J connectivity index is 2.38. The van der Waals surface area contributed by atoms with Gasteiger partial charge in [-0.25, -0.2) is 0 Å². The lowest BCUT2D eigenvalue weighted by Crippen LogP contribution is -2.40. The lowest BCUT2D eigenvalue weighted by molar-refractivity contribution is 0.187. The molecule has 0 aliphatic carbocycles. The van der Waals surface area contributed by atoms with Crippen LogP contribution in [0.25, 0.3) is 0 Å². The first-order chi connectivity index (χ1) is 8.65. The van der Waals surface area contributed by atoms with Crippen molar-refractivity contribution >= 4 is 0 Å². The zero-order chi connectivity index (χ0) is 13.4. The minimum Gasteiger partial charge on any atom is -0.313 e. The normalized spacial score (nSPS) is 25.1. The zero-order valence-electron chi connectivity index (χ0n) is 12.1. The highest BCUT2D eigenvalue weighted by Gasteiger charge is 2.23. The lowest BCUT2D eigenvalue weighted by Gasteiger charge is -2.30. The maximum Gasteiger partial charge on any atom is 0.104 e. The van der Waals surface area contributed by atoms with Crippen LogP contribution in [-0.2, 0) is 0 Å². The summed E-state index contributed by atoms with van der Waals surface area (Å²) in [6.07, 6.45) is 9.30. The maximum absolute atomic E-state index is 9.08. The number of likely N-dealkylation sites (tertiary alicyclic amines) is 1. The predicted octanol–water partition coefficient (Wildman–Crippen LogP) is 3.05. The van der Waals surface area contributed by atoms with Gasteiger partial charge in [-0.3, -0.25) is 0 Å². The average Bonchev–Trinajstić information content (AvgIpc) is 2.63. The molecule has 1 saturated heterocycles. The van der Waals surface area contributed by atoms with Crippen molar-refractivity contribution in [1.82, 2.24) is 4.90 Å². The smallest absolute Gasteiger partial charge is 0.104 e. The average molecular weight is 251 g/mol. The van der Waals surface area contributed by atoms with Crippen molar-refractivity contribution in [1.29, 1.82) is 5.26 Å². The van der Waals surface area contributed by atoms with Crippen LogP contribution in [0.4, 0.5) is 0 Å². The Labute approximate surface area is 112 Å². The summed E-state index contributed by atoms with van der Waals surface area (Å²) >= 11 is 0. The molecule has 0 saturated carbocycles. The van der Waals surface area contributed by atoms with E-state index in [1.807, 2.05) is 6.92 Å². The van der Waals surface area contributed by atoms with Crippen LogP contribution in [0, 0.1) is 11.3 Å². The SMILES string of the molecule is CCC1CCCCCN1CCCC(N)(C#N)CC. The van der Waals surface area contributed by atoms with Crippen LogP contribution in [0.15, 0.2) is 0 Å². The van der Waals surface area contributed by atoms with E-state index in [1.165, 1.54) is 38.6 Å². The van der Waals surface area contributed by atoms with Gasteiger partial charge < -0.3 is 10.6 Å². The van der Waals surface area contributed by atoms with Crippen LogP contribution in [0.2, 0.25) is 0 Å². The minimum absolute atomic E-state index is 0.604. The van der Waals surface area contributed by atoms with Crippen LogP contribution >= 0.6 is 0 Å². The van der Waals surface area contributed by atoms with Gasteiger partial charge in [-0.15, -0.1) is 0 Å². The van der Waals surface area contributed by atoms with Crippen molar-refractivity contribution in [2.24, 2.45) is 5.73 Å². The number of hydrogen-bond donors (Lipinski definition) is 1. The third-order valence-corrected chi connectivity index (χ3v) is 4.39. The topological polar surface area (TPSA) is 53.0 Å². The van der Waals surface area contributed by atoms with Gasteiger partial charge in [0.1, 0.15) is 5.54 Å². The predicted molar refractivity (Wildman–Crippen MR) is 76.2 cm³/mol. The second-order valence-corrected chi connectivity index (χ2v) is 5.67. The first kappa shape index (κ1) is 15.5. The number of nitrogens with zero attached hydrogens (tertiary/aromatic N) is 2. The summed E-state index contributed by atoms with van der Waals surface area (Å²) in [5.41, 5.74) is 5.43. The second-order valence-electron chi connectivity index (χ2n) is 5.67. The minimum atomic E-state index is -0.604. The number of nitriles is 1. The summed E-state index contributed by atoms with van der Waals surface area (Å²) < 4.78 is 0. The summed E-state index contributed by atoms with van der Waals surface area (Å²) in [6, 6.07) is 3.02. The van der Waals surface area contributed by atoms with E-state index in [0.717, 1.165) is 31.8 Å². The molecule has 0 spiro atoms. The Kier molecular flexibility index (Phi) is 6.67. The molecule has 1 heterocycles. The van der Waals surface area contributed by atoms with Crippen LogP contribution in [-0.4, -0.2) is 29.6 Å². The first-order valence-electron chi connectivity index (χ1n) is 7.59. The fourth-order valence-corrected chi connectivity index (χ4v) is 2.90. The molecule has 1 rings (SSSR count). The Morgan fingerprint density at radius 1 is 1.33 bits per heavy atom. The van der Waals surface area contributed by atoms with E-state index in [0.29, 0.717) is 0 Å². The van der Waals surface area contributed by atoms with Crippen LogP contribution < -0.4 is 5.73 Å². The lowest BCUT2D eigenvalue weighted by atomic mass is 9.93. The molecule has 3 heteroatoms. The van der Waals surface area contributed by atoms with Crippen LogP contribution in [0.1, 0.15) is 65.2 Å². The standard InChI is InChI=1S/C15H29N3/c1-3-14-9-6-5-7-11-18(14)12-8-10-15(17,4-2)13-16/h14H,3-12,17H2,1-2H3. The van der Waals surface area contributed by atoms with Gasteiger partial charge in [-0.05, 0) is 51.6 Å². The fourth-order valence-electron chi connectivity index (χ4n) is 2.90. The molecule has 0 amide bonds. The second kappa shape index (κ2) is 7.76. The van der Waals surface area contributed by atoms with E-state index in [2.05, 4.69) is 17.9 Å². The molecule has 0 aromatic rings. The zero-order valence-corrected chi connectivity index (χ0v) is 12.1. The van der Waals surface area contributed by atoms with Crippen molar-refractivity contribution in [2.75, 3.05) is 13.1 Å². The van der Waals surface area contributed by atoms with Gasteiger partial charge in [-0.2, -0.15) is 5.26 Å². The van der Waals surface area contributed by atoms with E-state index in [-0.39, 0.29) is 0 Å². The summed E-state index contributed by atoms with van der Waals surface area (Å²) in [5, 5.41) is 9.08. The molecular weight excluding hydrogens is 222 g/mol. The number of rotatable bonds is 6. The van der Waals surface area contributed by atoms with Crippen LogP contribution in [0.3, 0.4) is 0 Å². The molecule has 0 aromatic heterocycles. The van der Waals surface area contributed by atoms with Gasteiger partial charge in [0.05, 0.1) is 6.07 Å². The maximum atomic E-state index is 9.08. The Bertz CT molecular complexity index is 271. The summed E-state index contributed by atoms with van der Waals surface area (Å²) in [5.74, 6) is 0. The molecule has 104 valence electrons. The highest BCUT2D eigenvalue weighted by atomic mass is 15.1. The molecular formula is C15H29N3. The highest BCUT2D eigenvalue weighted by Crippen LogP contribution is 2.21. The van der Waals surface area contributed by atoms with Gasteiger partial charge in [0.25, 0.3) is 0 Å². The molecule has 3 nitrogen and oxygen atoms in total. The molecule has 0 bridgehead atoms. The molecule has 2 N–H and O–H groups in total. The monoisotopic (exact) mass is 251 g/mol. The Morgan fingerprint density at radius 3 is 2.72 bits per heavy atom. The van der Waals surface area contributed by atoms with Crippen molar-refractivity contribution in [3.8, 4) is 6.07 Å².